The molecule has 2 aromatic heterocycles. The Morgan fingerprint density at radius 1 is 1.03 bits per heavy atom. The molecule has 4 rings (SSSR count). The average molecular weight is 521 g/mol. The van der Waals surface area contributed by atoms with Gasteiger partial charge in [-0.2, -0.15) is 4.98 Å². The van der Waals surface area contributed by atoms with Crippen LogP contribution in [-0.2, 0) is 0 Å². The van der Waals surface area contributed by atoms with Gasteiger partial charge in [0, 0.05) is 50.6 Å². The molecule has 3 N–H and O–H groups in total. The number of nitrogens with one attached hydrogen (secondary N) is 1. The lowest BCUT2D eigenvalue weighted by Crippen LogP contribution is -2.29. The second-order valence-corrected chi connectivity index (χ2v) is 9.64. The van der Waals surface area contributed by atoms with Gasteiger partial charge in [-0.1, -0.05) is 0 Å². The lowest BCUT2D eigenvalue weighted by atomic mass is 10.2. The van der Waals surface area contributed by atoms with Gasteiger partial charge in [-0.05, 0) is 46.1 Å². The zero-order chi connectivity index (χ0) is 27.6. The number of ether oxygens (including phenoxy) is 2. The fourth-order valence-electron chi connectivity index (χ4n) is 4.35. The van der Waals surface area contributed by atoms with E-state index in [2.05, 4.69) is 25.1 Å². The van der Waals surface area contributed by atoms with Crippen molar-refractivity contribution in [3.05, 3.63) is 53.1 Å². The van der Waals surface area contributed by atoms with Crippen LogP contribution < -0.4 is 31.1 Å². The molecule has 0 bridgehead atoms. The molecule has 0 spiro atoms. The summed E-state index contributed by atoms with van der Waals surface area (Å²) < 4.78 is 14.3. The van der Waals surface area contributed by atoms with Crippen LogP contribution in [0.3, 0.4) is 0 Å². The normalized spacial score (nSPS) is 11.4. The maximum atomic E-state index is 13.5. The second-order valence-electron chi connectivity index (χ2n) is 9.64. The summed E-state index contributed by atoms with van der Waals surface area (Å²) in [6, 6.07) is 10.9. The lowest BCUT2D eigenvalue weighted by molar-refractivity contribution is 0.413. The molecular weight excluding hydrogens is 484 g/mol. The Hall–Kier alpha value is -4.25. The summed E-state index contributed by atoms with van der Waals surface area (Å²) in [4.78, 5) is 26.7. The highest BCUT2D eigenvalue weighted by atomic mass is 16.5. The number of fused-ring (bicyclic) bond motifs is 1. The monoisotopic (exact) mass is 520 g/mol. The number of nitrogens with zero attached hydrogens (tertiary/aromatic N) is 6. The molecule has 11 heteroatoms. The average Bonchev–Trinajstić information content (AvgIpc) is 3.18. The van der Waals surface area contributed by atoms with Gasteiger partial charge in [0.1, 0.15) is 17.3 Å². The first-order chi connectivity index (χ1) is 18.1. The summed E-state index contributed by atoms with van der Waals surface area (Å²) >= 11 is 0. The van der Waals surface area contributed by atoms with Gasteiger partial charge in [0.2, 0.25) is 5.95 Å². The summed E-state index contributed by atoms with van der Waals surface area (Å²) in [6.07, 6.45) is 1.61. The van der Waals surface area contributed by atoms with E-state index < -0.39 is 0 Å². The van der Waals surface area contributed by atoms with Crippen molar-refractivity contribution < 1.29 is 9.47 Å². The van der Waals surface area contributed by atoms with Crippen LogP contribution in [-0.4, -0.2) is 72.5 Å². The third kappa shape index (κ3) is 5.23. The SMILES string of the molecule is COc1ccc2c(c1)n(C(C)C)c(=O)n2-c1ccnc(Nc2cc(N)c(N(C)CCN(C)C)cc2OC)n1. The summed E-state index contributed by atoms with van der Waals surface area (Å²) in [5.74, 6) is 2.02. The minimum atomic E-state index is -0.195. The van der Waals surface area contributed by atoms with Crippen LogP contribution in [0.15, 0.2) is 47.4 Å². The number of anilines is 4. The Balaban J connectivity index is 1.72. The van der Waals surface area contributed by atoms with E-state index in [1.54, 1.807) is 41.7 Å². The Morgan fingerprint density at radius 3 is 2.45 bits per heavy atom. The van der Waals surface area contributed by atoms with Crippen molar-refractivity contribution in [1.29, 1.82) is 0 Å². The fraction of sp³-hybridized carbons (Fsp3) is 0.370. The molecule has 0 aliphatic rings. The van der Waals surface area contributed by atoms with Gasteiger partial charge in [-0.25, -0.2) is 14.3 Å². The van der Waals surface area contributed by atoms with Gasteiger partial charge in [0.25, 0.3) is 0 Å². The molecule has 0 aliphatic heterocycles. The quantitative estimate of drug-likeness (QED) is 0.303. The maximum Gasteiger partial charge on any atom is 0.335 e. The van der Waals surface area contributed by atoms with Crippen molar-refractivity contribution in [3.63, 3.8) is 0 Å². The lowest BCUT2D eigenvalue weighted by Gasteiger charge is -2.24. The first kappa shape index (κ1) is 26.8. The van der Waals surface area contributed by atoms with Crippen LogP contribution >= 0.6 is 0 Å². The molecule has 2 aromatic carbocycles. The van der Waals surface area contributed by atoms with E-state index in [1.165, 1.54) is 0 Å². The number of benzene rings is 2. The van der Waals surface area contributed by atoms with Crippen molar-refractivity contribution >= 4 is 34.0 Å². The molecule has 0 fully saturated rings. The summed E-state index contributed by atoms with van der Waals surface area (Å²) in [7, 11) is 9.27. The third-order valence-electron chi connectivity index (χ3n) is 6.36. The van der Waals surface area contributed by atoms with Crippen molar-refractivity contribution in [1.82, 2.24) is 24.0 Å². The number of imidazole rings is 1. The topological polar surface area (TPSA) is 116 Å². The molecule has 202 valence electrons. The molecule has 38 heavy (non-hydrogen) atoms. The maximum absolute atomic E-state index is 13.5. The smallest absolute Gasteiger partial charge is 0.335 e. The highest BCUT2D eigenvalue weighted by Gasteiger charge is 2.19. The third-order valence-corrected chi connectivity index (χ3v) is 6.36. The predicted molar refractivity (Wildman–Crippen MR) is 153 cm³/mol. The van der Waals surface area contributed by atoms with E-state index >= 15 is 0 Å². The fourth-order valence-corrected chi connectivity index (χ4v) is 4.35. The molecule has 0 unspecified atom stereocenters. The minimum absolute atomic E-state index is 0.0561. The molecule has 0 atom stereocenters. The summed E-state index contributed by atoms with van der Waals surface area (Å²) in [5, 5.41) is 3.21. The van der Waals surface area contributed by atoms with Crippen LogP contribution in [0.4, 0.5) is 23.0 Å². The van der Waals surface area contributed by atoms with Gasteiger partial charge in [-0.3, -0.25) is 4.57 Å². The highest BCUT2D eigenvalue weighted by molar-refractivity contribution is 5.81. The zero-order valence-corrected chi connectivity index (χ0v) is 23.0. The zero-order valence-electron chi connectivity index (χ0n) is 23.0. The van der Waals surface area contributed by atoms with Crippen molar-refractivity contribution in [2.75, 3.05) is 64.4 Å². The van der Waals surface area contributed by atoms with Crippen molar-refractivity contribution in [2.45, 2.75) is 19.9 Å². The molecule has 4 aromatic rings. The number of hydrogen-bond donors (Lipinski definition) is 2. The van der Waals surface area contributed by atoms with Crippen LogP contribution in [0.5, 0.6) is 11.5 Å². The molecule has 0 saturated carbocycles. The Bertz CT molecular complexity index is 1490. The Labute approximate surface area is 222 Å². The highest BCUT2D eigenvalue weighted by Crippen LogP contribution is 2.36. The Morgan fingerprint density at radius 2 is 1.79 bits per heavy atom. The minimum Gasteiger partial charge on any atom is -0.497 e. The number of aromatic nitrogens is 4. The van der Waals surface area contributed by atoms with E-state index in [4.69, 9.17) is 15.2 Å². The summed E-state index contributed by atoms with van der Waals surface area (Å²) in [6.45, 7) is 5.63. The van der Waals surface area contributed by atoms with Crippen LogP contribution in [0, 0.1) is 0 Å². The van der Waals surface area contributed by atoms with E-state index in [0.717, 1.165) is 29.8 Å². The number of rotatable bonds is 10. The van der Waals surface area contributed by atoms with E-state index in [9.17, 15) is 4.79 Å². The molecular formula is C27H36N8O3. The number of hydrogen-bond acceptors (Lipinski definition) is 9. The van der Waals surface area contributed by atoms with E-state index in [1.807, 2.05) is 59.3 Å². The van der Waals surface area contributed by atoms with Crippen LogP contribution in [0.1, 0.15) is 19.9 Å². The van der Waals surface area contributed by atoms with Crippen LogP contribution in [0.2, 0.25) is 0 Å². The first-order valence-electron chi connectivity index (χ1n) is 12.4. The van der Waals surface area contributed by atoms with E-state index in [-0.39, 0.29) is 11.7 Å². The molecule has 0 saturated heterocycles. The van der Waals surface area contributed by atoms with Crippen molar-refractivity contribution in [3.8, 4) is 17.3 Å². The van der Waals surface area contributed by atoms with Crippen LogP contribution in [0.25, 0.3) is 16.9 Å². The van der Waals surface area contributed by atoms with Gasteiger partial charge in [0.05, 0.1) is 42.3 Å². The van der Waals surface area contributed by atoms with E-state index in [0.29, 0.717) is 34.6 Å². The van der Waals surface area contributed by atoms with Gasteiger partial charge < -0.3 is 30.3 Å². The summed E-state index contributed by atoms with van der Waals surface area (Å²) in [5.41, 5.74) is 9.79. The molecule has 0 aliphatic carbocycles. The van der Waals surface area contributed by atoms with Crippen molar-refractivity contribution in [2.24, 2.45) is 0 Å². The number of nitrogen functional groups attached to an aromatic ring is 1. The molecule has 0 amide bonds. The largest absolute Gasteiger partial charge is 0.497 e. The molecule has 2 heterocycles. The number of nitrogens with two attached hydrogens (primary N) is 1. The standard InChI is InChI=1S/C27H36N8O3/c1-17(2)34-23-14-18(37-6)8-9-21(23)35(27(34)36)25-10-11-29-26(31-25)30-20-15-19(28)22(16-24(20)38-7)33(5)13-12-32(3)4/h8-11,14-17H,12-13,28H2,1-7H3,(H,29,30,31). The van der Waals surface area contributed by atoms with Gasteiger partial charge in [0.15, 0.2) is 0 Å². The molecule has 0 radical (unpaired) electrons. The first-order valence-corrected chi connectivity index (χ1v) is 12.4. The van der Waals surface area contributed by atoms with Gasteiger partial charge in [-0.15, -0.1) is 0 Å². The predicted octanol–water partition coefficient (Wildman–Crippen LogP) is 3.50. The Kier molecular flexibility index (Phi) is 7.77. The second kappa shape index (κ2) is 11.0. The number of likely N-dealkylation sites (N-methyl/N-ethyl adjacent to an activating group) is 2. The molecule has 11 nitrogen and oxygen atoms in total. The van der Waals surface area contributed by atoms with Gasteiger partial charge >= 0.3 is 5.69 Å². The number of methoxy groups -OCH3 is 2.